The Balaban J connectivity index is 1.80. The lowest BCUT2D eigenvalue weighted by Crippen LogP contribution is -2.11. The van der Waals surface area contributed by atoms with Crippen molar-refractivity contribution in [2.45, 2.75) is 6.54 Å². The van der Waals surface area contributed by atoms with Crippen molar-refractivity contribution in [3.8, 4) is 11.8 Å². The third-order valence-electron chi connectivity index (χ3n) is 4.04. The van der Waals surface area contributed by atoms with Crippen LogP contribution in [0.15, 0.2) is 43.0 Å². The van der Waals surface area contributed by atoms with Crippen LogP contribution in [-0.2, 0) is 6.54 Å². The van der Waals surface area contributed by atoms with Crippen molar-refractivity contribution >= 4 is 22.7 Å². The molecule has 28 heavy (non-hydrogen) atoms. The van der Waals surface area contributed by atoms with E-state index in [0.717, 1.165) is 6.20 Å². The van der Waals surface area contributed by atoms with Crippen LogP contribution >= 0.6 is 0 Å². The number of nitrogens with zero attached hydrogens (tertiary/aromatic N) is 6. The van der Waals surface area contributed by atoms with Crippen LogP contribution in [-0.4, -0.2) is 24.5 Å². The minimum Gasteiger partial charge on any atom is -0.382 e. The number of nitriles is 1. The average Bonchev–Trinajstić information content (AvgIpc) is 3.03. The van der Waals surface area contributed by atoms with E-state index in [1.807, 2.05) is 6.07 Å². The summed E-state index contributed by atoms with van der Waals surface area (Å²) in [5.41, 5.74) is 7.19. The van der Waals surface area contributed by atoms with E-state index in [4.69, 9.17) is 5.73 Å². The lowest BCUT2D eigenvalue weighted by Gasteiger charge is -2.11. The van der Waals surface area contributed by atoms with Crippen molar-refractivity contribution in [1.29, 1.82) is 5.26 Å². The summed E-state index contributed by atoms with van der Waals surface area (Å²) in [5.74, 6) is -0.240. The van der Waals surface area contributed by atoms with E-state index in [-0.39, 0.29) is 23.7 Å². The molecule has 4 aromatic rings. The minimum atomic E-state index is -0.518. The summed E-state index contributed by atoms with van der Waals surface area (Å²) in [6, 6.07) is 7.36. The molecule has 0 saturated heterocycles. The summed E-state index contributed by atoms with van der Waals surface area (Å²) < 4.78 is 29.0. The number of nitrogens with one attached hydrogen (secondary N) is 1. The lowest BCUT2D eigenvalue weighted by atomic mass is 10.3. The van der Waals surface area contributed by atoms with Crippen LogP contribution in [0.25, 0.3) is 16.7 Å². The van der Waals surface area contributed by atoms with Gasteiger partial charge < -0.3 is 11.1 Å². The summed E-state index contributed by atoms with van der Waals surface area (Å²) in [6.07, 6.45) is 3.79. The van der Waals surface area contributed by atoms with E-state index < -0.39 is 11.6 Å². The fourth-order valence-corrected chi connectivity index (χ4v) is 2.84. The van der Waals surface area contributed by atoms with Gasteiger partial charge in [0, 0.05) is 12.1 Å². The molecule has 3 N–H and O–H groups in total. The molecule has 0 atom stereocenters. The van der Waals surface area contributed by atoms with E-state index >= 15 is 0 Å². The summed E-state index contributed by atoms with van der Waals surface area (Å²) in [7, 11) is 0. The highest BCUT2D eigenvalue weighted by molar-refractivity contribution is 5.78. The molecule has 8 nitrogen and oxygen atoms in total. The Morgan fingerprint density at radius 2 is 2.00 bits per heavy atom. The van der Waals surface area contributed by atoms with Crippen molar-refractivity contribution in [3.05, 3.63) is 66.0 Å². The minimum absolute atomic E-state index is 0.0462. The van der Waals surface area contributed by atoms with Gasteiger partial charge in [-0.3, -0.25) is 9.55 Å². The summed E-state index contributed by atoms with van der Waals surface area (Å²) in [4.78, 5) is 16.1. The van der Waals surface area contributed by atoms with Crippen molar-refractivity contribution < 1.29 is 8.78 Å². The summed E-state index contributed by atoms with van der Waals surface area (Å²) in [6.45, 7) is 0.109. The van der Waals surface area contributed by atoms with E-state index in [9.17, 15) is 14.0 Å². The van der Waals surface area contributed by atoms with Crippen molar-refractivity contribution in [2.75, 3.05) is 11.1 Å². The molecule has 0 unspecified atom stereocenters. The van der Waals surface area contributed by atoms with E-state index in [1.54, 1.807) is 10.6 Å². The van der Waals surface area contributed by atoms with E-state index in [0.29, 0.717) is 22.5 Å². The van der Waals surface area contributed by atoms with Crippen molar-refractivity contribution in [1.82, 2.24) is 24.5 Å². The topological polar surface area (TPSA) is 118 Å². The molecule has 10 heteroatoms. The van der Waals surface area contributed by atoms with Gasteiger partial charge in [0.05, 0.1) is 35.7 Å². The molecule has 0 aliphatic heterocycles. The maximum atomic E-state index is 13.7. The molecule has 0 spiro atoms. The molecule has 1 aromatic carbocycles. The second-order valence-electron chi connectivity index (χ2n) is 5.81. The number of fused-ring (bicyclic) bond motifs is 1. The molecule has 4 rings (SSSR count). The van der Waals surface area contributed by atoms with Crippen LogP contribution in [0.4, 0.5) is 20.4 Å². The molecular formula is C18H12F2N8. The molecule has 3 heterocycles. The van der Waals surface area contributed by atoms with Gasteiger partial charge in [0.2, 0.25) is 0 Å². The fraction of sp³-hybridized carbons (Fsp3) is 0.0556. The van der Waals surface area contributed by atoms with Gasteiger partial charge in [-0.05, 0) is 12.1 Å². The first kappa shape index (κ1) is 17.3. The molecule has 0 radical (unpaired) electrons. The molecule has 3 aromatic heterocycles. The number of hydrogen-bond donors (Lipinski definition) is 2. The number of nitrogen functional groups attached to an aromatic ring is 1. The molecule has 0 aliphatic carbocycles. The number of pyridine rings is 1. The zero-order valence-corrected chi connectivity index (χ0v) is 14.3. The number of aromatic nitrogens is 5. The molecule has 0 fully saturated rings. The number of anilines is 2. The van der Waals surface area contributed by atoms with Gasteiger partial charge in [-0.15, -0.1) is 0 Å². The van der Waals surface area contributed by atoms with Gasteiger partial charge in [-0.25, -0.2) is 23.7 Å². The Labute approximate surface area is 157 Å². The highest BCUT2D eigenvalue weighted by Gasteiger charge is 2.15. The van der Waals surface area contributed by atoms with E-state index in [1.165, 1.54) is 30.7 Å². The average molecular weight is 378 g/mol. The van der Waals surface area contributed by atoms with Crippen LogP contribution in [0.5, 0.6) is 0 Å². The second-order valence-corrected chi connectivity index (χ2v) is 5.81. The Hall–Kier alpha value is -4.13. The fourth-order valence-electron chi connectivity index (χ4n) is 2.84. The summed E-state index contributed by atoms with van der Waals surface area (Å²) in [5, 5.41) is 12.2. The Morgan fingerprint density at radius 3 is 2.79 bits per heavy atom. The molecule has 0 aliphatic rings. The molecule has 0 saturated carbocycles. The normalized spacial score (nSPS) is 10.8. The van der Waals surface area contributed by atoms with Crippen LogP contribution in [0, 0.1) is 23.0 Å². The maximum absolute atomic E-state index is 13.7. The van der Waals surface area contributed by atoms with E-state index in [2.05, 4.69) is 25.3 Å². The quantitative estimate of drug-likeness (QED) is 0.560. The largest absolute Gasteiger partial charge is 0.382 e. The van der Waals surface area contributed by atoms with Crippen LogP contribution in [0.3, 0.4) is 0 Å². The van der Waals surface area contributed by atoms with Gasteiger partial charge in [0.1, 0.15) is 47.1 Å². The van der Waals surface area contributed by atoms with Gasteiger partial charge >= 0.3 is 0 Å². The number of nitrogens with two attached hydrogens (primary N) is 1. The number of hydrogen-bond acceptors (Lipinski definition) is 7. The highest BCUT2D eigenvalue weighted by Crippen LogP contribution is 2.24. The molecule has 138 valence electrons. The van der Waals surface area contributed by atoms with Gasteiger partial charge in [-0.1, -0.05) is 0 Å². The van der Waals surface area contributed by atoms with Crippen molar-refractivity contribution in [3.63, 3.8) is 0 Å². The monoisotopic (exact) mass is 378 g/mol. The first-order valence-electron chi connectivity index (χ1n) is 8.09. The zero-order chi connectivity index (χ0) is 19.7. The van der Waals surface area contributed by atoms with Crippen LogP contribution < -0.4 is 11.1 Å². The SMILES string of the molecule is N#Cc1c(N)ncnc1NCc1nc2cc(F)ccc2n1-c1cncc(F)c1. The van der Waals surface area contributed by atoms with Crippen LogP contribution in [0.1, 0.15) is 11.4 Å². The smallest absolute Gasteiger partial charge is 0.149 e. The molecular weight excluding hydrogens is 366 g/mol. The number of imidazole rings is 1. The first-order valence-corrected chi connectivity index (χ1v) is 8.09. The first-order chi connectivity index (χ1) is 13.6. The Kier molecular flexibility index (Phi) is 4.25. The number of rotatable bonds is 4. The van der Waals surface area contributed by atoms with Gasteiger partial charge in [-0.2, -0.15) is 5.26 Å². The summed E-state index contributed by atoms with van der Waals surface area (Å²) >= 11 is 0. The second kappa shape index (κ2) is 6.88. The zero-order valence-electron chi connectivity index (χ0n) is 14.3. The predicted octanol–water partition coefficient (Wildman–Crippen LogP) is 2.55. The predicted molar refractivity (Wildman–Crippen MR) is 97.3 cm³/mol. The number of halogens is 2. The number of benzene rings is 1. The standard InChI is InChI=1S/C18H12F2N8/c19-10-1-2-15-14(4-10)27-16(28(15)12-3-11(20)6-23-7-12)8-24-18-13(5-21)17(22)25-9-26-18/h1-4,6-7,9H,8H2,(H3,22,24,25,26). The van der Waals surface area contributed by atoms with Crippen LogP contribution in [0.2, 0.25) is 0 Å². The third kappa shape index (κ3) is 3.05. The Morgan fingerprint density at radius 1 is 1.14 bits per heavy atom. The lowest BCUT2D eigenvalue weighted by molar-refractivity contribution is 0.619. The maximum Gasteiger partial charge on any atom is 0.149 e. The highest BCUT2D eigenvalue weighted by atomic mass is 19.1. The third-order valence-corrected chi connectivity index (χ3v) is 4.04. The molecule has 0 amide bonds. The van der Waals surface area contributed by atoms with Gasteiger partial charge in [0.25, 0.3) is 0 Å². The van der Waals surface area contributed by atoms with Gasteiger partial charge in [0.15, 0.2) is 0 Å². The Bertz CT molecular complexity index is 1230. The molecule has 0 bridgehead atoms. The van der Waals surface area contributed by atoms with Crippen molar-refractivity contribution in [2.24, 2.45) is 0 Å².